The van der Waals surface area contributed by atoms with Gasteiger partial charge in [0.2, 0.25) is 5.91 Å². The van der Waals surface area contributed by atoms with Crippen LogP contribution in [-0.4, -0.2) is 5.91 Å². The summed E-state index contributed by atoms with van der Waals surface area (Å²) in [5, 5.41) is 4.55. The molecule has 5 fully saturated rings. The van der Waals surface area contributed by atoms with Gasteiger partial charge in [-0.3, -0.25) is 4.79 Å². The van der Waals surface area contributed by atoms with Crippen molar-refractivity contribution in [3.63, 3.8) is 0 Å². The van der Waals surface area contributed by atoms with Crippen molar-refractivity contribution >= 4 is 16.9 Å². The van der Waals surface area contributed by atoms with Gasteiger partial charge in [-0.05, 0) is 134 Å². The predicted octanol–water partition coefficient (Wildman–Crippen LogP) is 8.90. The van der Waals surface area contributed by atoms with E-state index in [9.17, 15) is 4.79 Å². The number of rotatable bonds is 3. The van der Waals surface area contributed by atoms with Crippen LogP contribution in [0, 0.1) is 51.2 Å². The quantitative estimate of drug-likeness (QED) is 0.443. The SMILES string of the molecule is CC1(C)CCCC2(C)C1CCC1(C)C3CCC4(C(=O)NCc5ccc6occc6c5)CCCC4C3CCC12. The number of hydrogen-bond acceptors (Lipinski definition) is 2. The maximum atomic E-state index is 14.0. The largest absolute Gasteiger partial charge is 0.464 e. The van der Waals surface area contributed by atoms with E-state index in [1.54, 1.807) is 6.26 Å². The zero-order valence-electron chi connectivity index (χ0n) is 24.3. The van der Waals surface area contributed by atoms with Gasteiger partial charge in [0, 0.05) is 11.9 Å². The molecule has 5 saturated carbocycles. The van der Waals surface area contributed by atoms with Gasteiger partial charge in [0.1, 0.15) is 5.58 Å². The van der Waals surface area contributed by atoms with Crippen molar-refractivity contribution in [3.05, 3.63) is 36.1 Å². The molecule has 3 heteroatoms. The number of fused-ring (bicyclic) bond motifs is 8. The van der Waals surface area contributed by atoms with Gasteiger partial charge in [0.25, 0.3) is 0 Å². The van der Waals surface area contributed by atoms with Crippen molar-refractivity contribution in [2.45, 2.75) is 111 Å². The fourth-order valence-electron chi connectivity index (χ4n) is 12.2. The fraction of sp³-hybridized carbons (Fsp3) is 0.743. The lowest BCUT2D eigenvalue weighted by Crippen LogP contribution is -2.62. The molecule has 38 heavy (non-hydrogen) atoms. The summed E-state index contributed by atoms with van der Waals surface area (Å²) < 4.78 is 5.50. The Kier molecular flexibility index (Phi) is 5.71. The van der Waals surface area contributed by atoms with Crippen LogP contribution in [0.5, 0.6) is 0 Å². The van der Waals surface area contributed by atoms with Crippen LogP contribution >= 0.6 is 0 Å². The monoisotopic (exact) mass is 515 g/mol. The molecule has 1 aromatic carbocycles. The van der Waals surface area contributed by atoms with Crippen LogP contribution in [0.2, 0.25) is 0 Å². The zero-order valence-corrected chi connectivity index (χ0v) is 24.3. The number of carbonyl (C=O) groups excluding carboxylic acids is 1. The highest BCUT2D eigenvalue weighted by Gasteiger charge is 2.66. The van der Waals surface area contributed by atoms with Crippen molar-refractivity contribution in [3.8, 4) is 0 Å². The van der Waals surface area contributed by atoms with Gasteiger partial charge in [-0.1, -0.05) is 46.6 Å². The summed E-state index contributed by atoms with van der Waals surface area (Å²) in [7, 11) is 0. The number of benzene rings is 1. The molecular weight excluding hydrogens is 466 g/mol. The van der Waals surface area contributed by atoms with E-state index in [0.717, 1.165) is 47.5 Å². The Labute approximate surface area is 229 Å². The van der Waals surface area contributed by atoms with Crippen LogP contribution in [-0.2, 0) is 11.3 Å². The van der Waals surface area contributed by atoms with E-state index < -0.39 is 0 Å². The lowest BCUT2D eigenvalue weighted by atomic mass is 9.36. The average Bonchev–Trinajstić information content (AvgIpc) is 3.54. The van der Waals surface area contributed by atoms with Crippen molar-refractivity contribution in [1.29, 1.82) is 0 Å². The summed E-state index contributed by atoms with van der Waals surface area (Å²) in [4.78, 5) is 14.0. The highest BCUT2D eigenvalue weighted by atomic mass is 16.3. The third-order valence-electron chi connectivity index (χ3n) is 13.7. The molecule has 3 nitrogen and oxygen atoms in total. The predicted molar refractivity (Wildman–Crippen MR) is 153 cm³/mol. The van der Waals surface area contributed by atoms with Gasteiger partial charge in [-0.15, -0.1) is 0 Å². The molecule has 8 atom stereocenters. The number of carbonyl (C=O) groups is 1. The number of amides is 1. The third-order valence-corrected chi connectivity index (χ3v) is 13.7. The van der Waals surface area contributed by atoms with Crippen molar-refractivity contribution in [2.24, 2.45) is 51.2 Å². The van der Waals surface area contributed by atoms with E-state index >= 15 is 0 Å². The van der Waals surface area contributed by atoms with Crippen LogP contribution in [0.1, 0.15) is 110 Å². The zero-order chi connectivity index (χ0) is 26.3. The van der Waals surface area contributed by atoms with Crippen LogP contribution in [0.25, 0.3) is 11.0 Å². The van der Waals surface area contributed by atoms with Crippen LogP contribution < -0.4 is 5.32 Å². The van der Waals surface area contributed by atoms with E-state index in [0.29, 0.717) is 34.6 Å². The molecule has 2 aromatic rings. The highest BCUT2D eigenvalue weighted by Crippen LogP contribution is 2.72. The molecule has 1 heterocycles. The number of hydrogen-bond donors (Lipinski definition) is 1. The summed E-state index contributed by atoms with van der Waals surface area (Å²) in [5.41, 5.74) is 3.43. The second kappa shape index (κ2) is 8.61. The fourth-order valence-corrected chi connectivity index (χ4v) is 12.2. The van der Waals surface area contributed by atoms with Gasteiger partial charge < -0.3 is 9.73 Å². The summed E-state index contributed by atoms with van der Waals surface area (Å²) in [6.07, 6.45) is 17.6. The standard InChI is InChI=1S/C35H49NO2/c1-32(2)15-6-16-34(4)29(32)13-18-33(3)26-12-19-35(17-5-7-27(35)25(26)9-11-30(33)34)31(37)36-22-23-8-10-28-24(21-23)14-20-38-28/h8,10,14,20-21,25-27,29-30H,5-7,9,11-13,15-19,22H2,1-4H3,(H,36,37). The maximum Gasteiger partial charge on any atom is 0.226 e. The Morgan fingerprint density at radius 1 is 0.842 bits per heavy atom. The van der Waals surface area contributed by atoms with E-state index in [4.69, 9.17) is 4.42 Å². The molecule has 0 aliphatic heterocycles. The molecule has 1 aromatic heterocycles. The van der Waals surface area contributed by atoms with E-state index in [1.165, 1.54) is 69.8 Å². The van der Waals surface area contributed by atoms with E-state index in [2.05, 4.69) is 45.1 Å². The molecule has 5 aliphatic carbocycles. The Morgan fingerprint density at radius 2 is 1.71 bits per heavy atom. The number of furan rings is 1. The smallest absolute Gasteiger partial charge is 0.226 e. The second-order valence-electron chi connectivity index (χ2n) is 15.5. The van der Waals surface area contributed by atoms with Gasteiger partial charge in [0.05, 0.1) is 11.7 Å². The minimum Gasteiger partial charge on any atom is -0.464 e. The maximum absolute atomic E-state index is 14.0. The van der Waals surface area contributed by atoms with E-state index in [-0.39, 0.29) is 5.41 Å². The minimum atomic E-state index is -0.127. The Balaban J connectivity index is 1.11. The van der Waals surface area contributed by atoms with Crippen molar-refractivity contribution < 1.29 is 9.21 Å². The summed E-state index contributed by atoms with van der Waals surface area (Å²) in [6, 6.07) is 8.29. The Hall–Kier alpha value is -1.77. The first kappa shape index (κ1) is 25.2. The summed E-state index contributed by atoms with van der Waals surface area (Å²) in [6.45, 7) is 11.2. The molecule has 5 aliphatic rings. The molecule has 8 unspecified atom stereocenters. The Morgan fingerprint density at radius 3 is 2.58 bits per heavy atom. The normalized spacial score (nSPS) is 43.5. The lowest BCUT2D eigenvalue weighted by Gasteiger charge is -2.68. The first-order chi connectivity index (χ1) is 18.2. The minimum absolute atomic E-state index is 0.127. The van der Waals surface area contributed by atoms with Crippen LogP contribution in [0.3, 0.4) is 0 Å². The van der Waals surface area contributed by atoms with Crippen LogP contribution in [0.15, 0.2) is 34.9 Å². The van der Waals surface area contributed by atoms with Gasteiger partial charge >= 0.3 is 0 Å². The molecule has 0 radical (unpaired) electrons. The summed E-state index contributed by atoms with van der Waals surface area (Å²) in [5.74, 6) is 4.26. The van der Waals surface area contributed by atoms with Crippen LogP contribution in [0.4, 0.5) is 0 Å². The first-order valence-electron chi connectivity index (χ1n) is 15.9. The summed E-state index contributed by atoms with van der Waals surface area (Å²) >= 11 is 0. The average molecular weight is 516 g/mol. The first-order valence-corrected chi connectivity index (χ1v) is 15.9. The Bertz CT molecular complexity index is 1230. The molecule has 0 bridgehead atoms. The van der Waals surface area contributed by atoms with Gasteiger partial charge in [-0.2, -0.15) is 0 Å². The molecule has 7 rings (SSSR count). The molecule has 0 saturated heterocycles. The topological polar surface area (TPSA) is 42.2 Å². The molecule has 0 spiro atoms. The molecule has 1 N–H and O–H groups in total. The van der Waals surface area contributed by atoms with Gasteiger partial charge in [0.15, 0.2) is 0 Å². The van der Waals surface area contributed by atoms with Crippen molar-refractivity contribution in [2.75, 3.05) is 0 Å². The highest BCUT2D eigenvalue weighted by molar-refractivity contribution is 5.84. The van der Waals surface area contributed by atoms with Crippen molar-refractivity contribution in [1.82, 2.24) is 5.32 Å². The lowest BCUT2D eigenvalue weighted by molar-refractivity contribution is -0.196. The third kappa shape index (κ3) is 3.48. The molecular formula is C35H49NO2. The molecule has 206 valence electrons. The van der Waals surface area contributed by atoms with E-state index in [1.807, 2.05) is 12.1 Å². The number of nitrogens with one attached hydrogen (secondary N) is 1. The second-order valence-corrected chi connectivity index (χ2v) is 15.5. The molecule has 1 amide bonds. The van der Waals surface area contributed by atoms with Gasteiger partial charge in [-0.25, -0.2) is 0 Å².